The van der Waals surface area contributed by atoms with Crippen LogP contribution >= 0.6 is 11.6 Å². The number of halogens is 1. The molecule has 0 spiro atoms. The maximum absolute atomic E-state index is 9.02. The van der Waals surface area contributed by atoms with Crippen molar-refractivity contribution in [3.63, 3.8) is 0 Å². The van der Waals surface area contributed by atoms with Crippen molar-refractivity contribution in [3.05, 3.63) is 11.2 Å². The second-order valence-electron chi connectivity index (χ2n) is 2.00. The smallest absolute Gasteiger partial charge is 0.227 e. The van der Waals surface area contributed by atoms with E-state index in [2.05, 4.69) is 4.99 Å². The molecule has 10 heavy (non-hydrogen) atoms. The number of hydrogen-bond donors (Lipinski definition) is 2. The highest BCUT2D eigenvalue weighted by atomic mass is 35.5. The molecule has 0 amide bonds. The number of amidine groups is 1. The van der Waals surface area contributed by atoms with Gasteiger partial charge in [-0.2, -0.15) is 0 Å². The molecule has 0 bridgehead atoms. The van der Waals surface area contributed by atoms with Gasteiger partial charge in [0.2, 0.25) is 6.35 Å². The average Bonchev–Trinajstić information content (AvgIpc) is 1.84. The maximum atomic E-state index is 9.02. The summed E-state index contributed by atoms with van der Waals surface area (Å²) in [6.45, 7) is 0. The fraction of sp³-hybridized carbons (Fsp3) is 0.400. The van der Waals surface area contributed by atoms with Crippen LogP contribution in [0.5, 0.6) is 0 Å². The van der Waals surface area contributed by atoms with Gasteiger partial charge >= 0.3 is 0 Å². The summed E-state index contributed by atoms with van der Waals surface area (Å²) in [5.74, 6) is 0.173. The van der Waals surface area contributed by atoms with Crippen LogP contribution in [0.3, 0.4) is 0 Å². The molecule has 0 saturated heterocycles. The fourth-order valence-corrected chi connectivity index (χ4v) is 0.791. The number of hydrogen-bond acceptors (Lipinski definition) is 4. The standard InChI is InChI=1S/C5H8ClN3O/c1-9-2-3(6)4(7)8-5(9)10/h2,5,10H,1H3,(H2,7,8). The number of aliphatic hydroxyl groups excluding tert-OH is 1. The summed E-state index contributed by atoms with van der Waals surface area (Å²) in [5.41, 5.74) is 5.29. The summed E-state index contributed by atoms with van der Waals surface area (Å²) in [6, 6.07) is 0. The van der Waals surface area contributed by atoms with E-state index in [1.54, 1.807) is 7.05 Å². The zero-order valence-corrected chi connectivity index (χ0v) is 6.21. The molecular formula is C5H8ClN3O. The summed E-state index contributed by atoms with van der Waals surface area (Å²) >= 11 is 5.58. The number of nitrogens with zero attached hydrogens (tertiary/aromatic N) is 2. The summed E-state index contributed by atoms with van der Waals surface area (Å²) in [4.78, 5) is 5.08. The molecule has 1 rings (SSSR count). The monoisotopic (exact) mass is 161 g/mol. The van der Waals surface area contributed by atoms with Gasteiger partial charge in [-0.1, -0.05) is 11.6 Å². The molecule has 0 radical (unpaired) electrons. The first-order valence-corrected chi connectivity index (χ1v) is 3.10. The third-order valence-corrected chi connectivity index (χ3v) is 1.47. The zero-order chi connectivity index (χ0) is 7.72. The van der Waals surface area contributed by atoms with Gasteiger partial charge < -0.3 is 15.7 Å². The first kappa shape index (κ1) is 7.37. The van der Waals surface area contributed by atoms with Gasteiger partial charge in [0.1, 0.15) is 5.84 Å². The SMILES string of the molecule is CN1C=C(Cl)C(N)=NC1O. The van der Waals surface area contributed by atoms with Gasteiger partial charge in [-0.25, -0.2) is 4.99 Å². The van der Waals surface area contributed by atoms with Crippen molar-refractivity contribution in [2.24, 2.45) is 10.7 Å². The molecule has 0 aliphatic carbocycles. The second kappa shape index (κ2) is 2.48. The van der Waals surface area contributed by atoms with Crippen molar-refractivity contribution >= 4 is 17.4 Å². The van der Waals surface area contributed by atoms with E-state index in [0.29, 0.717) is 5.03 Å². The molecule has 0 aromatic carbocycles. The summed E-state index contributed by atoms with van der Waals surface area (Å²) in [6.07, 6.45) is 0.622. The van der Waals surface area contributed by atoms with Crippen molar-refractivity contribution in [1.82, 2.24) is 4.90 Å². The Bertz CT molecular complexity index is 179. The number of nitrogens with two attached hydrogens (primary N) is 1. The molecule has 3 N–H and O–H groups in total. The van der Waals surface area contributed by atoms with E-state index in [1.165, 1.54) is 11.1 Å². The molecule has 1 aliphatic heterocycles. The van der Waals surface area contributed by atoms with Gasteiger partial charge in [0.15, 0.2) is 0 Å². The maximum Gasteiger partial charge on any atom is 0.227 e. The van der Waals surface area contributed by atoms with E-state index < -0.39 is 6.35 Å². The van der Waals surface area contributed by atoms with Crippen molar-refractivity contribution in [1.29, 1.82) is 0 Å². The topological polar surface area (TPSA) is 61.8 Å². The van der Waals surface area contributed by atoms with Crippen LogP contribution in [0, 0.1) is 0 Å². The van der Waals surface area contributed by atoms with E-state index in [9.17, 15) is 0 Å². The lowest BCUT2D eigenvalue weighted by atomic mass is 10.5. The summed E-state index contributed by atoms with van der Waals surface area (Å²) in [7, 11) is 1.66. The van der Waals surface area contributed by atoms with Crippen LogP contribution < -0.4 is 5.73 Å². The molecule has 1 atom stereocenters. The Kier molecular flexibility index (Phi) is 1.82. The van der Waals surface area contributed by atoms with Crippen LogP contribution in [0.2, 0.25) is 0 Å². The normalized spacial score (nSPS) is 25.9. The molecule has 4 nitrogen and oxygen atoms in total. The van der Waals surface area contributed by atoms with Crippen LogP contribution in [0.25, 0.3) is 0 Å². The van der Waals surface area contributed by atoms with E-state index in [4.69, 9.17) is 22.4 Å². The molecular weight excluding hydrogens is 154 g/mol. The fourth-order valence-electron chi connectivity index (χ4n) is 0.589. The Hall–Kier alpha value is -0.740. The largest absolute Gasteiger partial charge is 0.383 e. The van der Waals surface area contributed by atoms with Gasteiger partial charge in [0.25, 0.3) is 0 Å². The lowest BCUT2D eigenvalue weighted by Crippen LogP contribution is -2.32. The van der Waals surface area contributed by atoms with E-state index in [0.717, 1.165) is 0 Å². The molecule has 1 heterocycles. The van der Waals surface area contributed by atoms with Crippen LogP contribution in [0.15, 0.2) is 16.2 Å². The highest BCUT2D eigenvalue weighted by Gasteiger charge is 2.14. The Morgan fingerprint density at radius 2 is 2.50 bits per heavy atom. The van der Waals surface area contributed by atoms with Gasteiger partial charge in [-0.15, -0.1) is 0 Å². The third kappa shape index (κ3) is 1.22. The molecule has 1 unspecified atom stereocenters. The molecule has 5 heteroatoms. The molecule has 0 aromatic heterocycles. The highest BCUT2D eigenvalue weighted by molar-refractivity contribution is 6.42. The van der Waals surface area contributed by atoms with Crippen molar-refractivity contribution in [3.8, 4) is 0 Å². The summed E-state index contributed by atoms with van der Waals surface area (Å²) < 4.78 is 0. The molecule has 1 aliphatic rings. The van der Waals surface area contributed by atoms with Crippen molar-refractivity contribution in [2.45, 2.75) is 6.35 Å². The minimum absolute atomic E-state index is 0.173. The van der Waals surface area contributed by atoms with Gasteiger partial charge in [0.05, 0.1) is 5.03 Å². The van der Waals surface area contributed by atoms with Crippen LogP contribution in [0.1, 0.15) is 0 Å². The number of rotatable bonds is 0. The first-order valence-electron chi connectivity index (χ1n) is 2.72. The van der Waals surface area contributed by atoms with E-state index >= 15 is 0 Å². The molecule has 0 fully saturated rings. The lowest BCUT2D eigenvalue weighted by Gasteiger charge is -2.22. The van der Waals surface area contributed by atoms with Gasteiger partial charge in [-0.3, -0.25) is 0 Å². The lowest BCUT2D eigenvalue weighted by molar-refractivity contribution is 0.0614. The quantitative estimate of drug-likeness (QED) is 0.510. The predicted octanol–water partition coefficient (Wildman–Crippen LogP) is -0.355. The van der Waals surface area contributed by atoms with E-state index in [-0.39, 0.29) is 5.84 Å². The molecule has 56 valence electrons. The minimum atomic E-state index is -0.900. The van der Waals surface area contributed by atoms with Gasteiger partial charge in [0, 0.05) is 13.2 Å². The highest BCUT2D eigenvalue weighted by Crippen LogP contribution is 2.11. The first-order chi connectivity index (χ1) is 4.61. The van der Waals surface area contributed by atoms with Crippen LogP contribution in [-0.2, 0) is 0 Å². The number of aliphatic hydroxyl groups is 1. The van der Waals surface area contributed by atoms with E-state index in [1.807, 2.05) is 0 Å². The van der Waals surface area contributed by atoms with Crippen molar-refractivity contribution in [2.75, 3.05) is 7.05 Å². The predicted molar refractivity (Wildman–Crippen MR) is 39.3 cm³/mol. The Balaban J connectivity index is 2.83. The zero-order valence-electron chi connectivity index (χ0n) is 5.45. The van der Waals surface area contributed by atoms with Crippen LogP contribution in [0.4, 0.5) is 0 Å². The number of aliphatic imine (C=N–C) groups is 1. The van der Waals surface area contributed by atoms with Crippen LogP contribution in [-0.4, -0.2) is 29.2 Å². The Morgan fingerprint density at radius 1 is 1.90 bits per heavy atom. The van der Waals surface area contributed by atoms with Gasteiger partial charge in [-0.05, 0) is 0 Å². The average molecular weight is 162 g/mol. The Morgan fingerprint density at radius 3 is 3.00 bits per heavy atom. The Labute approximate surface area is 63.6 Å². The molecule has 0 aromatic rings. The summed E-state index contributed by atoms with van der Waals surface area (Å²) in [5, 5.41) is 9.38. The third-order valence-electron chi connectivity index (χ3n) is 1.18. The second-order valence-corrected chi connectivity index (χ2v) is 2.41. The van der Waals surface area contributed by atoms with Crippen molar-refractivity contribution < 1.29 is 5.11 Å². The minimum Gasteiger partial charge on any atom is -0.383 e. The molecule has 0 saturated carbocycles.